The molecule has 32 heavy (non-hydrogen) atoms. The fourth-order valence-corrected chi connectivity index (χ4v) is 7.45. The minimum absolute atomic E-state index is 0.0305. The summed E-state index contributed by atoms with van der Waals surface area (Å²) in [4.78, 5) is 12.4. The van der Waals surface area contributed by atoms with E-state index in [0.717, 1.165) is 18.9 Å². The molecule has 2 N–H and O–H groups in total. The lowest BCUT2D eigenvalue weighted by Gasteiger charge is -2.34. The first kappa shape index (κ1) is 23.1. The van der Waals surface area contributed by atoms with Gasteiger partial charge >= 0.3 is 0 Å². The van der Waals surface area contributed by atoms with Gasteiger partial charge in [-0.3, -0.25) is 4.79 Å². The fraction of sp³-hybridized carbons (Fsp3) is 0.409. The number of hydrogen-bond donors (Lipinski definition) is 2. The van der Waals surface area contributed by atoms with Gasteiger partial charge in [0.05, 0.1) is 15.2 Å². The van der Waals surface area contributed by atoms with Gasteiger partial charge in [0.15, 0.2) is 27.3 Å². The molecule has 172 valence electrons. The minimum Gasteiger partial charge on any atom is -0.396 e. The minimum atomic E-state index is -3.86. The molecule has 1 amide bonds. The van der Waals surface area contributed by atoms with Crippen LogP contribution in [-0.2, 0) is 9.84 Å². The number of rotatable bonds is 5. The van der Waals surface area contributed by atoms with E-state index >= 15 is 0 Å². The molecule has 2 fully saturated rings. The van der Waals surface area contributed by atoms with Crippen molar-refractivity contribution in [2.75, 3.05) is 11.9 Å². The number of nitrogens with one attached hydrogen (secondary N) is 1. The van der Waals surface area contributed by atoms with Crippen LogP contribution in [0.4, 0.5) is 18.9 Å². The second-order valence-electron chi connectivity index (χ2n) is 8.44. The second-order valence-corrected chi connectivity index (χ2v) is 11.0. The number of sulfone groups is 1. The molecule has 2 saturated carbocycles. The number of anilines is 1. The molecule has 0 aromatic heterocycles. The van der Waals surface area contributed by atoms with E-state index < -0.39 is 38.4 Å². The molecule has 2 bridgehead atoms. The Morgan fingerprint density at radius 1 is 1.06 bits per heavy atom. The van der Waals surface area contributed by atoms with Gasteiger partial charge in [-0.25, -0.2) is 21.6 Å². The van der Waals surface area contributed by atoms with E-state index in [1.807, 2.05) is 0 Å². The van der Waals surface area contributed by atoms with Crippen LogP contribution in [0.15, 0.2) is 35.2 Å². The number of benzene rings is 2. The molecule has 2 aromatic rings. The van der Waals surface area contributed by atoms with Crippen LogP contribution in [0.5, 0.6) is 0 Å². The zero-order chi connectivity index (χ0) is 23.2. The van der Waals surface area contributed by atoms with Gasteiger partial charge in [-0.15, -0.1) is 0 Å². The molecule has 4 rings (SSSR count). The van der Waals surface area contributed by atoms with E-state index in [-0.39, 0.29) is 45.5 Å². The monoisotopic (exact) mass is 487 g/mol. The standard InChI is InChI=1S/C22H21ClF3NO4S/c23-17-4-3-13(22(29)27-14-8-18(24)21(26)19(25)9-14)7-20(17)32(30,31)15-5-11-1-2-12(6-15)16(11)10-28/h3-4,7-9,11-12,15-16,28H,1-2,5-6,10H2,(H,27,29). The summed E-state index contributed by atoms with van der Waals surface area (Å²) >= 11 is 6.18. The van der Waals surface area contributed by atoms with Crippen LogP contribution in [0.2, 0.25) is 5.02 Å². The van der Waals surface area contributed by atoms with Crippen LogP contribution in [0.3, 0.4) is 0 Å². The maximum Gasteiger partial charge on any atom is 0.255 e. The van der Waals surface area contributed by atoms with Crippen LogP contribution in [-0.4, -0.2) is 31.3 Å². The number of fused-ring (bicyclic) bond motifs is 2. The normalized spacial score (nSPS) is 25.0. The second kappa shape index (κ2) is 8.68. The first-order chi connectivity index (χ1) is 15.1. The third-order valence-electron chi connectivity index (χ3n) is 6.64. The van der Waals surface area contributed by atoms with E-state index in [4.69, 9.17) is 11.6 Å². The molecular weight excluding hydrogens is 467 g/mol. The molecule has 0 heterocycles. The van der Waals surface area contributed by atoms with E-state index in [1.165, 1.54) is 12.1 Å². The highest BCUT2D eigenvalue weighted by Crippen LogP contribution is 2.49. The van der Waals surface area contributed by atoms with Crippen molar-refractivity contribution in [3.05, 3.63) is 58.4 Å². The molecule has 0 saturated heterocycles. The van der Waals surface area contributed by atoms with E-state index in [0.29, 0.717) is 25.0 Å². The van der Waals surface area contributed by atoms with Crippen molar-refractivity contribution in [3.63, 3.8) is 0 Å². The van der Waals surface area contributed by atoms with Gasteiger partial charge in [-0.2, -0.15) is 0 Å². The number of aliphatic hydroxyl groups is 1. The van der Waals surface area contributed by atoms with Crippen LogP contribution in [0.1, 0.15) is 36.0 Å². The number of amides is 1. The van der Waals surface area contributed by atoms with E-state index in [9.17, 15) is 31.5 Å². The first-order valence-electron chi connectivity index (χ1n) is 10.2. The zero-order valence-electron chi connectivity index (χ0n) is 16.8. The van der Waals surface area contributed by atoms with Crippen molar-refractivity contribution < 1.29 is 31.5 Å². The van der Waals surface area contributed by atoms with Gasteiger partial charge in [0.1, 0.15) is 0 Å². The molecule has 2 unspecified atom stereocenters. The summed E-state index contributed by atoms with van der Waals surface area (Å²) in [5.41, 5.74) is -0.394. The maximum atomic E-state index is 13.4. The van der Waals surface area contributed by atoms with E-state index in [1.54, 1.807) is 0 Å². The third-order valence-corrected chi connectivity index (χ3v) is 9.30. The summed E-state index contributed by atoms with van der Waals surface area (Å²) in [5, 5.41) is 11.1. The van der Waals surface area contributed by atoms with Gasteiger partial charge in [0.2, 0.25) is 0 Å². The molecule has 2 atom stereocenters. The Labute approximate surface area is 188 Å². The molecule has 0 radical (unpaired) electrons. The number of hydrogen-bond acceptors (Lipinski definition) is 4. The molecule has 2 aliphatic carbocycles. The molecule has 2 aliphatic rings. The number of carbonyl (C=O) groups is 1. The number of carbonyl (C=O) groups excluding carboxylic acids is 1. The van der Waals surface area contributed by atoms with Crippen molar-refractivity contribution in [2.45, 2.75) is 35.8 Å². The van der Waals surface area contributed by atoms with Crippen LogP contribution in [0, 0.1) is 35.2 Å². The Kier molecular flexibility index (Phi) is 6.26. The lowest BCUT2D eigenvalue weighted by molar-refractivity contribution is 0.102. The van der Waals surface area contributed by atoms with Gasteiger partial charge in [-0.05, 0) is 61.6 Å². The summed E-state index contributed by atoms with van der Waals surface area (Å²) < 4.78 is 66.7. The highest BCUT2D eigenvalue weighted by molar-refractivity contribution is 7.92. The highest BCUT2D eigenvalue weighted by atomic mass is 35.5. The average molecular weight is 488 g/mol. The summed E-state index contributed by atoms with van der Waals surface area (Å²) in [7, 11) is -3.86. The van der Waals surface area contributed by atoms with Crippen molar-refractivity contribution >= 4 is 33.0 Å². The summed E-state index contributed by atoms with van der Waals surface area (Å²) in [6.07, 6.45) is 2.60. The van der Waals surface area contributed by atoms with Gasteiger partial charge in [0.25, 0.3) is 5.91 Å². The highest BCUT2D eigenvalue weighted by Gasteiger charge is 2.46. The Morgan fingerprint density at radius 3 is 2.22 bits per heavy atom. The lowest BCUT2D eigenvalue weighted by atomic mass is 9.79. The Hall–Kier alpha value is -2.10. The average Bonchev–Trinajstić information content (AvgIpc) is 2.99. The third kappa shape index (κ3) is 4.13. The number of aliphatic hydroxyl groups excluding tert-OH is 1. The lowest BCUT2D eigenvalue weighted by Crippen LogP contribution is -2.36. The molecule has 0 aliphatic heterocycles. The predicted octanol–water partition coefficient (Wildman–Crippen LogP) is 4.58. The number of halogens is 4. The molecular formula is C22H21ClF3NO4S. The first-order valence-corrected chi connectivity index (χ1v) is 12.1. The fourth-order valence-electron chi connectivity index (χ4n) is 5.02. The topological polar surface area (TPSA) is 83.5 Å². The summed E-state index contributed by atoms with van der Waals surface area (Å²) in [6, 6.07) is 4.96. The Bertz CT molecular complexity index is 1140. The smallest absolute Gasteiger partial charge is 0.255 e. The summed E-state index contributed by atoms with van der Waals surface area (Å²) in [6.45, 7) is 0.0447. The van der Waals surface area contributed by atoms with Gasteiger partial charge < -0.3 is 10.4 Å². The van der Waals surface area contributed by atoms with Crippen molar-refractivity contribution in [1.82, 2.24) is 0 Å². The van der Waals surface area contributed by atoms with E-state index in [2.05, 4.69) is 5.32 Å². The zero-order valence-corrected chi connectivity index (χ0v) is 18.4. The van der Waals surface area contributed by atoms with Crippen molar-refractivity contribution in [3.8, 4) is 0 Å². The van der Waals surface area contributed by atoms with Crippen LogP contribution in [0.25, 0.3) is 0 Å². The predicted molar refractivity (Wildman–Crippen MR) is 113 cm³/mol. The molecule has 5 nitrogen and oxygen atoms in total. The van der Waals surface area contributed by atoms with Gasteiger partial charge in [0, 0.05) is 30.0 Å². The Balaban J connectivity index is 1.59. The van der Waals surface area contributed by atoms with Gasteiger partial charge in [-0.1, -0.05) is 11.6 Å². The summed E-state index contributed by atoms with van der Waals surface area (Å²) in [5.74, 6) is -5.04. The largest absolute Gasteiger partial charge is 0.396 e. The maximum absolute atomic E-state index is 13.4. The Morgan fingerprint density at radius 2 is 1.66 bits per heavy atom. The molecule has 10 heteroatoms. The van der Waals surface area contributed by atoms with Crippen molar-refractivity contribution in [2.24, 2.45) is 17.8 Å². The van der Waals surface area contributed by atoms with Crippen LogP contribution < -0.4 is 5.32 Å². The molecule has 2 aromatic carbocycles. The molecule has 0 spiro atoms. The SMILES string of the molecule is O=C(Nc1cc(F)c(F)c(F)c1)c1ccc(Cl)c(S(=O)(=O)C2CC3CCC(C2)C3CO)c1. The van der Waals surface area contributed by atoms with Crippen LogP contribution >= 0.6 is 11.6 Å². The van der Waals surface area contributed by atoms with Crippen molar-refractivity contribution in [1.29, 1.82) is 0 Å². The quantitative estimate of drug-likeness (QED) is 0.605.